The zero-order valence-electron chi connectivity index (χ0n) is 14.1. The zero-order valence-corrected chi connectivity index (χ0v) is 15.7. The summed E-state index contributed by atoms with van der Waals surface area (Å²) in [4.78, 5) is 11.9. The van der Waals surface area contributed by atoms with Gasteiger partial charge in [0.25, 0.3) is 0 Å². The van der Waals surface area contributed by atoms with Crippen molar-refractivity contribution in [3.8, 4) is 5.75 Å². The maximum absolute atomic E-state index is 11.9. The monoisotopic (exact) mass is 380 g/mol. The largest absolute Gasteiger partial charge is 0.492 e. The van der Waals surface area contributed by atoms with E-state index in [0.29, 0.717) is 42.6 Å². The van der Waals surface area contributed by atoms with E-state index in [2.05, 4.69) is 10.6 Å². The predicted octanol–water partition coefficient (Wildman–Crippen LogP) is 4.55. The van der Waals surface area contributed by atoms with Crippen LogP contribution in [-0.4, -0.2) is 25.6 Å². The Kier molecular flexibility index (Phi) is 7.89. The van der Waals surface area contributed by atoms with Gasteiger partial charge in [0.15, 0.2) is 0 Å². The van der Waals surface area contributed by atoms with Crippen LogP contribution in [0, 0.1) is 0 Å². The summed E-state index contributed by atoms with van der Waals surface area (Å²) in [7, 11) is 0. The van der Waals surface area contributed by atoms with Gasteiger partial charge in [0, 0.05) is 29.6 Å². The van der Waals surface area contributed by atoms with Gasteiger partial charge in [-0.15, -0.1) is 0 Å². The van der Waals surface area contributed by atoms with Crippen LogP contribution in [0.4, 0.5) is 5.69 Å². The van der Waals surface area contributed by atoms with Gasteiger partial charge >= 0.3 is 0 Å². The Labute approximate surface area is 158 Å². The minimum Gasteiger partial charge on any atom is -0.492 e. The topological polar surface area (TPSA) is 50.4 Å². The molecule has 0 aliphatic rings. The fraction of sp³-hybridized carbons (Fsp3) is 0.316. The molecule has 0 unspecified atom stereocenters. The number of hydrogen-bond acceptors (Lipinski definition) is 3. The van der Waals surface area contributed by atoms with E-state index in [1.807, 2.05) is 37.3 Å². The molecule has 4 nitrogen and oxygen atoms in total. The molecule has 134 valence electrons. The highest BCUT2D eigenvalue weighted by Gasteiger charge is 2.05. The lowest BCUT2D eigenvalue weighted by atomic mass is 10.1. The van der Waals surface area contributed by atoms with Crippen molar-refractivity contribution in [1.29, 1.82) is 0 Å². The molecule has 0 saturated heterocycles. The average Bonchev–Trinajstić information content (AvgIpc) is 2.58. The van der Waals surface area contributed by atoms with Gasteiger partial charge in [-0.1, -0.05) is 41.4 Å². The molecular formula is C19H22Cl2N2O2. The van der Waals surface area contributed by atoms with Crippen LogP contribution >= 0.6 is 23.2 Å². The van der Waals surface area contributed by atoms with Crippen LogP contribution in [0.3, 0.4) is 0 Å². The lowest BCUT2D eigenvalue weighted by Crippen LogP contribution is -2.27. The summed E-state index contributed by atoms with van der Waals surface area (Å²) in [5, 5.41) is 7.36. The summed E-state index contributed by atoms with van der Waals surface area (Å²) >= 11 is 12.0. The second-order valence-electron chi connectivity index (χ2n) is 5.44. The summed E-state index contributed by atoms with van der Waals surface area (Å²) in [6, 6.07) is 13.1. The second-order valence-corrected chi connectivity index (χ2v) is 6.29. The molecule has 0 aliphatic heterocycles. The molecule has 0 aromatic heterocycles. The van der Waals surface area contributed by atoms with Crippen LogP contribution in [0.15, 0.2) is 42.5 Å². The highest BCUT2D eigenvalue weighted by molar-refractivity contribution is 6.35. The van der Waals surface area contributed by atoms with Gasteiger partial charge in [0.05, 0.1) is 12.3 Å². The summed E-state index contributed by atoms with van der Waals surface area (Å²) in [5.41, 5.74) is 1.86. The van der Waals surface area contributed by atoms with E-state index >= 15 is 0 Å². The molecule has 2 rings (SSSR count). The van der Waals surface area contributed by atoms with Gasteiger partial charge in [-0.05, 0) is 43.2 Å². The molecule has 2 aromatic carbocycles. The van der Waals surface area contributed by atoms with E-state index in [1.165, 1.54) is 0 Å². The molecule has 0 fully saturated rings. The van der Waals surface area contributed by atoms with Gasteiger partial charge in [-0.25, -0.2) is 0 Å². The van der Waals surface area contributed by atoms with E-state index in [1.54, 1.807) is 12.1 Å². The summed E-state index contributed by atoms with van der Waals surface area (Å²) in [6.45, 7) is 3.62. The van der Waals surface area contributed by atoms with Gasteiger partial charge in [-0.3, -0.25) is 4.79 Å². The summed E-state index contributed by atoms with van der Waals surface area (Å²) in [6.07, 6.45) is 1.05. The molecule has 0 saturated carbocycles. The number of ether oxygens (including phenoxy) is 1. The molecule has 0 spiro atoms. The van der Waals surface area contributed by atoms with Gasteiger partial charge < -0.3 is 15.4 Å². The first-order valence-electron chi connectivity index (χ1n) is 8.26. The third kappa shape index (κ3) is 6.48. The van der Waals surface area contributed by atoms with Crippen molar-refractivity contribution in [2.75, 3.05) is 25.0 Å². The number of rotatable bonds is 9. The normalized spacial score (nSPS) is 10.4. The van der Waals surface area contributed by atoms with Crippen LogP contribution in [0.1, 0.15) is 18.9 Å². The summed E-state index contributed by atoms with van der Waals surface area (Å²) in [5.74, 6) is 0.786. The number of anilines is 1. The molecule has 0 atom stereocenters. The zero-order chi connectivity index (χ0) is 18.1. The number of nitrogens with one attached hydrogen (secondary N) is 2. The third-order valence-electron chi connectivity index (χ3n) is 3.59. The number of para-hydroxylation sites is 2. The number of benzene rings is 2. The lowest BCUT2D eigenvalue weighted by Gasteiger charge is -2.12. The van der Waals surface area contributed by atoms with Crippen molar-refractivity contribution in [1.82, 2.24) is 5.32 Å². The van der Waals surface area contributed by atoms with Crippen LogP contribution in [0.2, 0.25) is 10.0 Å². The van der Waals surface area contributed by atoms with E-state index in [9.17, 15) is 4.79 Å². The molecular weight excluding hydrogens is 359 g/mol. The molecule has 6 heteroatoms. The Morgan fingerprint density at radius 3 is 2.68 bits per heavy atom. The van der Waals surface area contributed by atoms with Crippen molar-refractivity contribution in [3.05, 3.63) is 58.1 Å². The molecule has 1 amide bonds. The predicted molar refractivity (Wildman–Crippen MR) is 104 cm³/mol. The molecule has 0 bridgehead atoms. The first-order valence-corrected chi connectivity index (χ1v) is 9.02. The number of hydrogen-bond donors (Lipinski definition) is 2. The van der Waals surface area contributed by atoms with Crippen LogP contribution in [0.5, 0.6) is 5.75 Å². The standard InChI is InChI=1S/C19H22Cl2N2O2/c1-2-25-18-6-4-3-5-17(18)22-12-10-19(24)23-11-9-14-7-8-15(20)13-16(14)21/h3-8,13,22H,2,9-12H2,1H3,(H,23,24). The Bertz CT molecular complexity index is 708. The third-order valence-corrected chi connectivity index (χ3v) is 4.17. The van der Waals surface area contributed by atoms with Crippen molar-refractivity contribution in [2.45, 2.75) is 19.8 Å². The van der Waals surface area contributed by atoms with E-state index in [-0.39, 0.29) is 5.91 Å². The fourth-order valence-electron chi connectivity index (χ4n) is 2.35. The lowest BCUT2D eigenvalue weighted by molar-refractivity contribution is -0.120. The average molecular weight is 381 g/mol. The Balaban J connectivity index is 1.71. The summed E-state index contributed by atoms with van der Waals surface area (Å²) < 4.78 is 5.54. The first kappa shape index (κ1) is 19.4. The molecule has 0 heterocycles. The van der Waals surface area contributed by atoms with Crippen molar-refractivity contribution < 1.29 is 9.53 Å². The van der Waals surface area contributed by atoms with Gasteiger partial charge in [-0.2, -0.15) is 0 Å². The van der Waals surface area contributed by atoms with Crippen LogP contribution < -0.4 is 15.4 Å². The van der Waals surface area contributed by atoms with Crippen molar-refractivity contribution in [2.24, 2.45) is 0 Å². The Morgan fingerprint density at radius 2 is 1.92 bits per heavy atom. The molecule has 25 heavy (non-hydrogen) atoms. The van der Waals surface area contributed by atoms with Gasteiger partial charge in [0.1, 0.15) is 5.75 Å². The molecule has 2 aromatic rings. The Morgan fingerprint density at radius 1 is 1.12 bits per heavy atom. The quantitative estimate of drug-likeness (QED) is 0.670. The second kappa shape index (κ2) is 10.2. The van der Waals surface area contributed by atoms with Crippen molar-refractivity contribution >= 4 is 34.8 Å². The van der Waals surface area contributed by atoms with E-state index in [4.69, 9.17) is 27.9 Å². The van der Waals surface area contributed by atoms with Crippen LogP contribution in [-0.2, 0) is 11.2 Å². The number of amides is 1. The van der Waals surface area contributed by atoms with Crippen LogP contribution in [0.25, 0.3) is 0 Å². The minimum atomic E-state index is -0.00789. The minimum absolute atomic E-state index is 0.00789. The fourth-order valence-corrected chi connectivity index (χ4v) is 2.86. The van der Waals surface area contributed by atoms with Gasteiger partial charge in [0.2, 0.25) is 5.91 Å². The maximum Gasteiger partial charge on any atom is 0.221 e. The smallest absolute Gasteiger partial charge is 0.221 e. The molecule has 0 radical (unpaired) electrons. The maximum atomic E-state index is 11.9. The highest BCUT2D eigenvalue weighted by atomic mass is 35.5. The van der Waals surface area contributed by atoms with E-state index in [0.717, 1.165) is 17.0 Å². The molecule has 0 aliphatic carbocycles. The Hall–Kier alpha value is -1.91. The molecule has 2 N–H and O–H groups in total. The van der Waals surface area contributed by atoms with E-state index < -0.39 is 0 Å². The highest BCUT2D eigenvalue weighted by Crippen LogP contribution is 2.23. The van der Waals surface area contributed by atoms with Crippen molar-refractivity contribution in [3.63, 3.8) is 0 Å². The SMILES string of the molecule is CCOc1ccccc1NCCC(=O)NCCc1ccc(Cl)cc1Cl. The number of carbonyl (C=O) groups excluding carboxylic acids is 1. The number of carbonyl (C=O) groups is 1. The first-order chi connectivity index (χ1) is 12.1. The number of halogens is 2.